The van der Waals surface area contributed by atoms with Crippen LogP contribution < -0.4 is 10.5 Å². The summed E-state index contributed by atoms with van der Waals surface area (Å²) in [5.74, 6) is 0.898. The van der Waals surface area contributed by atoms with Crippen LogP contribution in [0.3, 0.4) is 0 Å². The molecule has 0 radical (unpaired) electrons. The molecule has 82 valence electrons. The van der Waals surface area contributed by atoms with E-state index in [1.54, 1.807) is 12.1 Å². The summed E-state index contributed by atoms with van der Waals surface area (Å²) in [4.78, 5) is 0. The lowest BCUT2D eigenvalue weighted by Crippen LogP contribution is -2.26. The molecule has 2 N–H and O–H groups in total. The van der Waals surface area contributed by atoms with E-state index in [9.17, 15) is 0 Å². The van der Waals surface area contributed by atoms with E-state index < -0.39 is 0 Å². The van der Waals surface area contributed by atoms with E-state index in [2.05, 4.69) is 10.2 Å². The van der Waals surface area contributed by atoms with Crippen LogP contribution in [0.25, 0.3) is 0 Å². The van der Waals surface area contributed by atoms with Crippen LogP contribution in [0.1, 0.15) is 19.3 Å². The van der Waals surface area contributed by atoms with Crippen LogP contribution in [0.4, 0.5) is 5.82 Å². The molecule has 0 saturated carbocycles. The zero-order valence-electron chi connectivity index (χ0n) is 8.56. The van der Waals surface area contributed by atoms with Crippen molar-refractivity contribution in [1.29, 1.82) is 0 Å². The predicted octanol–water partition coefficient (Wildman–Crippen LogP) is 1.01. The summed E-state index contributed by atoms with van der Waals surface area (Å²) in [6.45, 7) is 1.38. The molecule has 0 bridgehead atoms. The Morgan fingerprint density at radius 1 is 1.40 bits per heavy atom. The van der Waals surface area contributed by atoms with Gasteiger partial charge in [-0.25, -0.2) is 0 Å². The number of nitrogens with zero attached hydrogens (tertiary/aromatic N) is 2. The van der Waals surface area contributed by atoms with Crippen molar-refractivity contribution in [1.82, 2.24) is 10.2 Å². The molecule has 1 aromatic heterocycles. The summed E-state index contributed by atoms with van der Waals surface area (Å²) in [7, 11) is 0. The van der Waals surface area contributed by atoms with Gasteiger partial charge in [0.2, 0.25) is 5.88 Å². The topological polar surface area (TPSA) is 70.3 Å². The lowest BCUT2D eigenvalue weighted by molar-refractivity contribution is -0.0121. The van der Waals surface area contributed by atoms with Crippen LogP contribution in [-0.2, 0) is 4.74 Å². The molecule has 5 heteroatoms. The first-order valence-electron chi connectivity index (χ1n) is 5.18. The molecule has 0 amide bonds. The molecule has 1 aliphatic rings. The maximum Gasteiger partial charge on any atom is 0.233 e. The number of anilines is 1. The van der Waals surface area contributed by atoms with Crippen molar-refractivity contribution in [3.05, 3.63) is 12.1 Å². The minimum atomic E-state index is 0.193. The van der Waals surface area contributed by atoms with Crippen molar-refractivity contribution in [3.63, 3.8) is 0 Å². The van der Waals surface area contributed by atoms with Gasteiger partial charge in [-0.2, -0.15) is 0 Å². The van der Waals surface area contributed by atoms with Crippen molar-refractivity contribution < 1.29 is 9.47 Å². The lowest BCUT2D eigenvalue weighted by Gasteiger charge is -2.22. The average molecular weight is 209 g/mol. The summed E-state index contributed by atoms with van der Waals surface area (Å²) in [6.07, 6.45) is 3.61. The van der Waals surface area contributed by atoms with E-state index >= 15 is 0 Å². The van der Waals surface area contributed by atoms with E-state index in [0.29, 0.717) is 18.3 Å². The van der Waals surface area contributed by atoms with Crippen molar-refractivity contribution in [3.8, 4) is 5.88 Å². The first-order valence-corrected chi connectivity index (χ1v) is 5.18. The highest BCUT2D eigenvalue weighted by Crippen LogP contribution is 2.14. The molecular formula is C10H15N3O2. The highest BCUT2D eigenvalue weighted by molar-refractivity contribution is 5.27. The van der Waals surface area contributed by atoms with Crippen LogP contribution >= 0.6 is 0 Å². The third kappa shape index (κ3) is 3.06. The molecule has 0 aromatic carbocycles. The molecule has 2 heterocycles. The molecule has 1 atom stereocenters. The van der Waals surface area contributed by atoms with Crippen LogP contribution in [0.5, 0.6) is 5.88 Å². The van der Waals surface area contributed by atoms with E-state index in [4.69, 9.17) is 15.2 Å². The minimum Gasteiger partial charge on any atom is -0.474 e. The van der Waals surface area contributed by atoms with Crippen molar-refractivity contribution in [2.24, 2.45) is 0 Å². The van der Waals surface area contributed by atoms with E-state index in [0.717, 1.165) is 19.4 Å². The van der Waals surface area contributed by atoms with Crippen LogP contribution in [0, 0.1) is 0 Å². The summed E-state index contributed by atoms with van der Waals surface area (Å²) < 4.78 is 11.0. The third-order valence-electron chi connectivity index (χ3n) is 2.35. The van der Waals surface area contributed by atoms with Gasteiger partial charge in [-0.3, -0.25) is 0 Å². The standard InChI is InChI=1S/C10H15N3O2/c11-9-4-5-10(13-12-9)15-7-8-3-1-2-6-14-8/h4-5,8H,1-3,6-7H2,(H2,11,12). The van der Waals surface area contributed by atoms with Gasteiger partial charge < -0.3 is 15.2 Å². The Morgan fingerprint density at radius 3 is 3.00 bits per heavy atom. The first-order chi connectivity index (χ1) is 7.34. The van der Waals surface area contributed by atoms with Crippen LogP contribution in [0.2, 0.25) is 0 Å². The third-order valence-corrected chi connectivity index (χ3v) is 2.35. The quantitative estimate of drug-likeness (QED) is 0.804. The summed E-state index contributed by atoms with van der Waals surface area (Å²) in [5.41, 5.74) is 5.41. The highest BCUT2D eigenvalue weighted by Gasteiger charge is 2.14. The van der Waals surface area contributed by atoms with Gasteiger partial charge in [-0.1, -0.05) is 0 Å². The lowest BCUT2D eigenvalue weighted by atomic mass is 10.1. The molecule has 1 fully saturated rings. The molecule has 0 aliphatic carbocycles. The monoisotopic (exact) mass is 209 g/mol. The number of nitrogens with two attached hydrogens (primary N) is 1. The largest absolute Gasteiger partial charge is 0.474 e. The maximum atomic E-state index is 5.53. The van der Waals surface area contributed by atoms with Gasteiger partial charge in [-0.15, -0.1) is 10.2 Å². The van der Waals surface area contributed by atoms with Gasteiger partial charge in [0.25, 0.3) is 0 Å². The number of ether oxygens (including phenoxy) is 2. The number of rotatable bonds is 3. The van der Waals surface area contributed by atoms with Crippen molar-refractivity contribution in [2.45, 2.75) is 25.4 Å². The molecule has 1 aliphatic heterocycles. The Balaban J connectivity index is 1.79. The van der Waals surface area contributed by atoms with Gasteiger partial charge in [-0.05, 0) is 25.3 Å². The average Bonchev–Trinajstić information content (AvgIpc) is 2.30. The second-order valence-electron chi connectivity index (χ2n) is 3.60. The number of nitrogen functional groups attached to an aromatic ring is 1. The van der Waals surface area contributed by atoms with Crippen LogP contribution in [0.15, 0.2) is 12.1 Å². The van der Waals surface area contributed by atoms with Gasteiger partial charge >= 0.3 is 0 Å². The Labute approximate surface area is 88.6 Å². The minimum absolute atomic E-state index is 0.193. The SMILES string of the molecule is Nc1ccc(OCC2CCCCO2)nn1. The fourth-order valence-electron chi connectivity index (χ4n) is 1.52. The Morgan fingerprint density at radius 2 is 2.33 bits per heavy atom. The Hall–Kier alpha value is -1.36. The maximum absolute atomic E-state index is 5.53. The van der Waals surface area contributed by atoms with Gasteiger partial charge in [0.05, 0.1) is 6.10 Å². The Kier molecular flexibility index (Phi) is 3.34. The summed E-state index contributed by atoms with van der Waals surface area (Å²) >= 11 is 0. The van der Waals surface area contributed by atoms with E-state index in [1.165, 1.54) is 6.42 Å². The first kappa shape index (κ1) is 10.2. The second-order valence-corrected chi connectivity index (χ2v) is 3.60. The summed E-state index contributed by atoms with van der Waals surface area (Å²) in [5, 5.41) is 7.51. The molecule has 5 nitrogen and oxygen atoms in total. The summed E-state index contributed by atoms with van der Waals surface area (Å²) in [6, 6.07) is 3.38. The predicted molar refractivity (Wildman–Crippen MR) is 55.5 cm³/mol. The van der Waals surface area contributed by atoms with Crippen molar-refractivity contribution >= 4 is 5.82 Å². The Bertz CT molecular complexity index is 296. The van der Waals surface area contributed by atoms with Gasteiger partial charge in [0.1, 0.15) is 12.4 Å². The molecular weight excluding hydrogens is 194 g/mol. The molecule has 1 aromatic rings. The normalized spacial score (nSPS) is 21.2. The zero-order chi connectivity index (χ0) is 10.5. The second kappa shape index (κ2) is 4.93. The van der Waals surface area contributed by atoms with Crippen LogP contribution in [-0.4, -0.2) is 29.5 Å². The van der Waals surface area contributed by atoms with Gasteiger partial charge in [0.15, 0.2) is 0 Å². The van der Waals surface area contributed by atoms with E-state index in [1.807, 2.05) is 0 Å². The fourth-order valence-corrected chi connectivity index (χ4v) is 1.52. The number of aromatic nitrogens is 2. The number of hydrogen-bond donors (Lipinski definition) is 1. The molecule has 0 spiro atoms. The molecule has 2 rings (SSSR count). The number of hydrogen-bond acceptors (Lipinski definition) is 5. The molecule has 15 heavy (non-hydrogen) atoms. The fraction of sp³-hybridized carbons (Fsp3) is 0.600. The molecule has 1 saturated heterocycles. The molecule has 1 unspecified atom stereocenters. The van der Waals surface area contributed by atoms with Gasteiger partial charge in [0, 0.05) is 12.7 Å². The van der Waals surface area contributed by atoms with Crippen molar-refractivity contribution in [2.75, 3.05) is 18.9 Å². The van der Waals surface area contributed by atoms with E-state index in [-0.39, 0.29) is 6.10 Å². The smallest absolute Gasteiger partial charge is 0.233 e. The zero-order valence-corrected chi connectivity index (χ0v) is 8.56. The highest BCUT2D eigenvalue weighted by atomic mass is 16.5.